The number of halogens is 1. The molecule has 1 aliphatic heterocycles. The van der Waals surface area contributed by atoms with Crippen LogP contribution in [0.1, 0.15) is 18.4 Å². The average molecular weight is 402 g/mol. The Kier molecular flexibility index (Phi) is 5.07. The van der Waals surface area contributed by atoms with E-state index in [0.717, 1.165) is 15.8 Å². The van der Waals surface area contributed by atoms with Crippen molar-refractivity contribution in [3.05, 3.63) is 27.5 Å². The molecular weight excluding hydrogens is 382 g/mol. The molecule has 25 heavy (non-hydrogen) atoms. The minimum absolute atomic E-state index is 0.209. The van der Waals surface area contributed by atoms with Gasteiger partial charge in [-0.3, -0.25) is 4.79 Å². The first-order valence-electron chi connectivity index (χ1n) is 7.97. The maximum atomic E-state index is 12.6. The molecule has 1 amide bonds. The van der Waals surface area contributed by atoms with Gasteiger partial charge in [-0.25, -0.2) is 12.7 Å². The van der Waals surface area contributed by atoms with Crippen LogP contribution in [0, 0.1) is 12.8 Å². The van der Waals surface area contributed by atoms with E-state index in [4.69, 9.17) is 11.6 Å². The van der Waals surface area contributed by atoms with Crippen LogP contribution in [0.25, 0.3) is 10.2 Å². The fraction of sp³-hybridized carbons (Fsp3) is 0.500. The van der Waals surface area contributed by atoms with Crippen LogP contribution in [0.3, 0.4) is 0 Å². The molecule has 136 valence electrons. The van der Waals surface area contributed by atoms with Crippen LogP contribution < -0.4 is 4.80 Å². The number of rotatable bonds is 2. The zero-order valence-corrected chi connectivity index (χ0v) is 16.7. The molecule has 1 aromatic carbocycles. The molecule has 0 bridgehead atoms. The van der Waals surface area contributed by atoms with Gasteiger partial charge in [-0.1, -0.05) is 22.9 Å². The number of benzene rings is 1. The van der Waals surface area contributed by atoms with E-state index in [2.05, 4.69) is 4.99 Å². The molecule has 2 heterocycles. The van der Waals surface area contributed by atoms with Crippen LogP contribution in [-0.4, -0.2) is 42.5 Å². The van der Waals surface area contributed by atoms with Gasteiger partial charge in [-0.05, 0) is 37.5 Å². The summed E-state index contributed by atoms with van der Waals surface area (Å²) >= 11 is 7.62. The lowest BCUT2D eigenvalue weighted by Crippen LogP contribution is -2.41. The van der Waals surface area contributed by atoms with Crippen molar-refractivity contribution >= 4 is 49.1 Å². The SMILES string of the molecule is Cc1c(Cl)ccc2sc(=NC(=O)C3CCCN(S(C)(=O)=O)C3)n(C)c12. The van der Waals surface area contributed by atoms with Crippen molar-refractivity contribution in [2.24, 2.45) is 18.0 Å². The first-order chi connectivity index (χ1) is 11.7. The summed E-state index contributed by atoms with van der Waals surface area (Å²) in [5, 5.41) is 0.676. The number of piperidine rings is 1. The third-order valence-corrected chi connectivity index (χ3v) is 7.34. The highest BCUT2D eigenvalue weighted by Gasteiger charge is 2.30. The number of carbonyl (C=O) groups is 1. The highest BCUT2D eigenvalue weighted by atomic mass is 35.5. The molecule has 1 saturated heterocycles. The quantitative estimate of drug-likeness (QED) is 0.775. The first kappa shape index (κ1) is 18.6. The molecule has 1 fully saturated rings. The van der Waals surface area contributed by atoms with Gasteiger partial charge < -0.3 is 4.57 Å². The van der Waals surface area contributed by atoms with Crippen molar-refractivity contribution in [1.29, 1.82) is 0 Å². The molecule has 0 saturated carbocycles. The van der Waals surface area contributed by atoms with Gasteiger partial charge in [0.1, 0.15) is 0 Å². The van der Waals surface area contributed by atoms with E-state index in [-0.39, 0.29) is 12.5 Å². The normalized spacial score (nSPS) is 20.3. The van der Waals surface area contributed by atoms with E-state index >= 15 is 0 Å². The van der Waals surface area contributed by atoms with Gasteiger partial charge in [-0.2, -0.15) is 4.99 Å². The van der Waals surface area contributed by atoms with E-state index in [1.54, 1.807) is 0 Å². The summed E-state index contributed by atoms with van der Waals surface area (Å²) < 4.78 is 27.7. The summed E-state index contributed by atoms with van der Waals surface area (Å²) in [6.07, 6.45) is 2.51. The number of hydrogen-bond acceptors (Lipinski definition) is 4. The zero-order valence-electron chi connectivity index (χ0n) is 14.3. The number of amides is 1. The predicted octanol–water partition coefficient (Wildman–Crippen LogP) is 2.30. The molecule has 1 atom stereocenters. The van der Waals surface area contributed by atoms with Gasteiger partial charge in [-0.15, -0.1) is 0 Å². The Labute approximate surface area is 155 Å². The molecule has 0 aliphatic carbocycles. The van der Waals surface area contributed by atoms with Gasteiger partial charge in [0.2, 0.25) is 10.0 Å². The minimum atomic E-state index is -3.28. The van der Waals surface area contributed by atoms with Crippen molar-refractivity contribution in [2.75, 3.05) is 19.3 Å². The van der Waals surface area contributed by atoms with Crippen molar-refractivity contribution < 1.29 is 13.2 Å². The second kappa shape index (κ2) is 6.83. The number of fused-ring (bicyclic) bond motifs is 1. The predicted molar refractivity (Wildman–Crippen MR) is 100 cm³/mol. The summed E-state index contributed by atoms with van der Waals surface area (Å²) in [5.41, 5.74) is 1.91. The van der Waals surface area contributed by atoms with Gasteiger partial charge in [0.25, 0.3) is 5.91 Å². The smallest absolute Gasteiger partial charge is 0.252 e. The van der Waals surface area contributed by atoms with Crippen LogP contribution in [0.15, 0.2) is 17.1 Å². The van der Waals surface area contributed by atoms with E-state index in [9.17, 15) is 13.2 Å². The largest absolute Gasteiger partial charge is 0.319 e. The Morgan fingerprint density at radius 2 is 2.12 bits per heavy atom. The molecule has 1 unspecified atom stereocenters. The fourth-order valence-electron chi connectivity index (χ4n) is 3.14. The highest BCUT2D eigenvalue weighted by Crippen LogP contribution is 2.26. The van der Waals surface area contributed by atoms with Crippen LogP contribution in [-0.2, 0) is 21.9 Å². The maximum absolute atomic E-state index is 12.6. The lowest BCUT2D eigenvalue weighted by Gasteiger charge is -2.28. The number of sulfonamides is 1. The van der Waals surface area contributed by atoms with Gasteiger partial charge in [0, 0.05) is 25.2 Å². The second-order valence-corrected chi connectivity index (χ2v) is 9.77. The molecule has 6 nitrogen and oxygen atoms in total. The molecule has 1 aliphatic rings. The molecular formula is C16H20ClN3O3S2. The molecule has 9 heteroatoms. The van der Waals surface area contributed by atoms with Crippen molar-refractivity contribution in [1.82, 2.24) is 8.87 Å². The van der Waals surface area contributed by atoms with E-state index in [1.165, 1.54) is 21.9 Å². The van der Waals surface area contributed by atoms with Crippen LogP contribution in [0.2, 0.25) is 5.02 Å². The highest BCUT2D eigenvalue weighted by molar-refractivity contribution is 7.88. The summed E-state index contributed by atoms with van der Waals surface area (Å²) in [5.74, 6) is -0.655. The molecule has 3 rings (SSSR count). The van der Waals surface area contributed by atoms with E-state index in [1.807, 2.05) is 30.7 Å². The number of thiazole rings is 1. The van der Waals surface area contributed by atoms with Crippen molar-refractivity contribution in [3.8, 4) is 0 Å². The number of nitrogens with zero attached hydrogens (tertiary/aromatic N) is 3. The maximum Gasteiger partial charge on any atom is 0.252 e. The van der Waals surface area contributed by atoms with Gasteiger partial charge >= 0.3 is 0 Å². The molecule has 1 aromatic heterocycles. The summed E-state index contributed by atoms with van der Waals surface area (Å²) in [7, 11) is -1.42. The third kappa shape index (κ3) is 3.67. The lowest BCUT2D eigenvalue weighted by molar-refractivity contribution is -0.122. The van der Waals surface area contributed by atoms with Crippen LogP contribution in [0.4, 0.5) is 0 Å². The lowest BCUT2D eigenvalue weighted by atomic mass is 9.99. The summed E-state index contributed by atoms with van der Waals surface area (Å²) in [6.45, 7) is 2.62. The Balaban J connectivity index is 1.95. The zero-order chi connectivity index (χ0) is 18.4. The van der Waals surface area contributed by atoms with Gasteiger partial charge in [0.15, 0.2) is 4.80 Å². The summed E-state index contributed by atoms with van der Waals surface area (Å²) in [4.78, 5) is 17.5. The summed E-state index contributed by atoms with van der Waals surface area (Å²) in [6, 6.07) is 3.76. The number of carbonyl (C=O) groups excluding carboxylic acids is 1. The second-order valence-electron chi connectivity index (χ2n) is 6.37. The fourth-order valence-corrected chi connectivity index (χ4v) is 5.29. The van der Waals surface area contributed by atoms with Crippen molar-refractivity contribution in [3.63, 3.8) is 0 Å². The Bertz CT molecular complexity index is 1010. The molecule has 0 spiro atoms. The average Bonchev–Trinajstić information content (AvgIpc) is 2.87. The van der Waals surface area contributed by atoms with E-state index in [0.29, 0.717) is 29.2 Å². The topological polar surface area (TPSA) is 71.7 Å². The van der Waals surface area contributed by atoms with Crippen molar-refractivity contribution in [2.45, 2.75) is 19.8 Å². The number of aryl methyl sites for hydroxylation is 2. The molecule has 0 N–H and O–H groups in total. The Morgan fingerprint density at radius 1 is 1.40 bits per heavy atom. The number of hydrogen-bond donors (Lipinski definition) is 0. The third-order valence-electron chi connectivity index (χ3n) is 4.56. The standard InChI is InChI=1S/C16H20ClN3O3S2/c1-10-12(17)6-7-13-14(10)19(2)16(24-13)18-15(21)11-5-4-8-20(9-11)25(3,22)23/h6-7,11H,4-5,8-9H2,1-3H3. The molecule has 0 radical (unpaired) electrons. The molecule has 2 aromatic rings. The Hall–Kier alpha value is -1.22. The van der Waals surface area contributed by atoms with E-state index < -0.39 is 15.9 Å². The van der Waals surface area contributed by atoms with Crippen LogP contribution >= 0.6 is 22.9 Å². The number of aromatic nitrogens is 1. The van der Waals surface area contributed by atoms with Gasteiger partial charge in [0.05, 0.1) is 22.4 Å². The van der Waals surface area contributed by atoms with Crippen LogP contribution in [0.5, 0.6) is 0 Å². The Morgan fingerprint density at radius 3 is 2.80 bits per heavy atom. The first-order valence-corrected chi connectivity index (χ1v) is 11.0. The minimum Gasteiger partial charge on any atom is -0.319 e. The monoisotopic (exact) mass is 401 g/mol.